The molecule has 1 aromatic carbocycles. The summed E-state index contributed by atoms with van der Waals surface area (Å²) >= 11 is 0. The number of nitrogens with one attached hydrogen (secondary N) is 1. The van der Waals surface area contributed by atoms with Crippen LogP contribution >= 0.6 is 0 Å². The van der Waals surface area contributed by atoms with Crippen LogP contribution in [0.4, 0.5) is 0 Å². The smallest absolute Gasteiger partial charge is 0.337 e. The molecule has 0 saturated heterocycles. The van der Waals surface area contributed by atoms with Crippen LogP contribution in [0.5, 0.6) is 5.88 Å². The summed E-state index contributed by atoms with van der Waals surface area (Å²) in [6.45, 7) is 1.36. The van der Waals surface area contributed by atoms with Gasteiger partial charge in [0.1, 0.15) is 0 Å². The minimum atomic E-state index is -0.324. The molecule has 0 saturated carbocycles. The van der Waals surface area contributed by atoms with Gasteiger partial charge in [-0.2, -0.15) is 0 Å². The van der Waals surface area contributed by atoms with Crippen molar-refractivity contribution in [2.75, 3.05) is 14.2 Å². The lowest BCUT2D eigenvalue weighted by atomic mass is 10.1. The van der Waals surface area contributed by atoms with E-state index >= 15 is 0 Å². The number of rotatable bonds is 6. The van der Waals surface area contributed by atoms with E-state index in [1.165, 1.54) is 7.11 Å². The second-order valence-electron chi connectivity index (χ2n) is 4.46. The number of ether oxygens (including phenoxy) is 2. The maximum atomic E-state index is 11.3. The van der Waals surface area contributed by atoms with Crippen LogP contribution in [0, 0.1) is 0 Å². The second kappa shape index (κ2) is 7.40. The number of esters is 1. The lowest BCUT2D eigenvalue weighted by Crippen LogP contribution is -2.14. The van der Waals surface area contributed by atoms with Gasteiger partial charge in [0.2, 0.25) is 5.88 Å². The van der Waals surface area contributed by atoms with E-state index < -0.39 is 0 Å². The molecule has 0 unspecified atom stereocenters. The maximum absolute atomic E-state index is 11.3. The molecule has 21 heavy (non-hydrogen) atoms. The fourth-order valence-electron chi connectivity index (χ4n) is 1.96. The van der Waals surface area contributed by atoms with Crippen LogP contribution in [0.2, 0.25) is 0 Å². The van der Waals surface area contributed by atoms with Gasteiger partial charge in [-0.15, -0.1) is 0 Å². The first kappa shape index (κ1) is 15.0. The molecule has 0 amide bonds. The highest BCUT2D eigenvalue weighted by molar-refractivity contribution is 5.89. The third kappa shape index (κ3) is 4.03. The van der Waals surface area contributed by atoms with Crippen LogP contribution in [0.25, 0.3) is 0 Å². The van der Waals surface area contributed by atoms with E-state index in [1.807, 2.05) is 24.3 Å². The van der Waals surface area contributed by atoms with Gasteiger partial charge in [-0.1, -0.05) is 18.2 Å². The van der Waals surface area contributed by atoms with Crippen LogP contribution in [-0.2, 0) is 17.8 Å². The van der Waals surface area contributed by atoms with Gasteiger partial charge in [-0.25, -0.2) is 9.78 Å². The predicted molar refractivity (Wildman–Crippen MR) is 79.1 cm³/mol. The van der Waals surface area contributed by atoms with E-state index in [9.17, 15) is 4.79 Å². The molecule has 1 aromatic heterocycles. The molecule has 2 rings (SSSR count). The number of hydrogen-bond donors (Lipinski definition) is 1. The summed E-state index contributed by atoms with van der Waals surface area (Å²) in [6, 6.07) is 11.2. The van der Waals surface area contributed by atoms with Crippen LogP contribution < -0.4 is 10.1 Å². The van der Waals surface area contributed by atoms with Gasteiger partial charge in [-0.3, -0.25) is 0 Å². The van der Waals surface area contributed by atoms with Gasteiger partial charge < -0.3 is 14.8 Å². The van der Waals surface area contributed by atoms with Crippen LogP contribution in [0.1, 0.15) is 21.5 Å². The highest BCUT2D eigenvalue weighted by atomic mass is 16.5. The molecule has 0 radical (unpaired) electrons. The van der Waals surface area contributed by atoms with Gasteiger partial charge in [-0.05, 0) is 23.8 Å². The fraction of sp³-hybridized carbons (Fsp3) is 0.250. The van der Waals surface area contributed by atoms with E-state index in [0.29, 0.717) is 24.5 Å². The molecular formula is C16H18N2O3. The third-order valence-electron chi connectivity index (χ3n) is 3.06. The molecule has 0 aliphatic rings. The van der Waals surface area contributed by atoms with Crippen molar-refractivity contribution in [3.05, 3.63) is 59.3 Å². The van der Waals surface area contributed by atoms with Crippen molar-refractivity contribution in [3.8, 4) is 5.88 Å². The second-order valence-corrected chi connectivity index (χ2v) is 4.46. The number of methoxy groups -OCH3 is 2. The predicted octanol–water partition coefficient (Wildman–Crippen LogP) is 2.17. The number of pyridine rings is 1. The van der Waals surface area contributed by atoms with Gasteiger partial charge in [0.15, 0.2) is 0 Å². The van der Waals surface area contributed by atoms with E-state index in [-0.39, 0.29) is 5.97 Å². The summed E-state index contributed by atoms with van der Waals surface area (Å²) in [4.78, 5) is 15.5. The number of carbonyl (C=O) groups excluding carboxylic acids is 1. The van der Waals surface area contributed by atoms with Crippen LogP contribution in [0.3, 0.4) is 0 Å². The zero-order valence-corrected chi connectivity index (χ0v) is 12.1. The summed E-state index contributed by atoms with van der Waals surface area (Å²) in [7, 11) is 2.98. The van der Waals surface area contributed by atoms with Crippen molar-refractivity contribution in [1.29, 1.82) is 0 Å². The molecule has 0 spiro atoms. The van der Waals surface area contributed by atoms with E-state index in [1.54, 1.807) is 25.4 Å². The Labute approximate surface area is 123 Å². The average Bonchev–Trinajstić information content (AvgIpc) is 2.55. The van der Waals surface area contributed by atoms with Crippen LogP contribution in [-0.4, -0.2) is 25.2 Å². The van der Waals surface area contributed by atoms with Gasteiger partial charge in [0.05, 0.1) is 19.8 Å². The van der Waals surface area contributed by atoms with Crippen molar-refractivity contribution < 1.29 is 14.3 Å². The van der Waals surface area contributed by atoms with E-state index in [4.69, 9.17) is 4.74 Å². The Bertz CT molecular complexity index is 597. The Hall–Kier alpha value is -2.40. The average molecular weight is 286 g/mol. The number of hydrogen-bond acceptors (Lipinski definition) is 5. The Morgan fingerprint density at radius 2 is 1.90 bits per heavy atom. The van der Waals surface area contributed by atoms with E-state index in [2.05, 4.69) is 15.0 Å². The quantitative estimate of drug-likeness (QED) is 0.825. The minimum Gasteiger partial charge on any atom is -0.481 e. The van der Waals surface area contributed by atoms with Crippen molar-refractivity contribution >= 4 is 5.97 Å². The Morgan fingerprint density at radius 3 is 2.57 bits per heavy atom. The van der Waals surface area contributed by atoms with Crippen molar-refractivity contribution in [3.63, 3.8) is 0 Å². The molecule has 1 heterocycles. The monoisotopic (exact) mass is 286 g/mol. The first-order chi connectivity index (χ1) is 10.2. The van der Waals surface area contributed by atoms with Gasteiger partial charge in [0.25, 0.3) is 0 Å². The molecule has 2 aromatic rings. The highest BCUT2D eigenvalue weighted by Gasteiger charge is 2.05. The molecule has 0 fully saturated rings. The fourth-order valence-corrected chi connectivity index (χ4v) is 1.96. The Morgan fingerprint density at radius 1 is 1.14 bits per heavy atom. The summed E-state index contributed by atoms with van der Waals surface area (Å²) in [6.07, 6.45) is 1.70. The summed E-state index contributed by atoms with van der Waals surface area (Å²) in [5.74, 6) is 0.306. The zero-order valence-electron chi connectivity index (χ0n) is 12.1. The first-order valence-electron chi connectivity index (χ1n) is 6.60. The molecule has 0 aliphatic carbocycles. The normalized spacial score (nSPS) is 10.2. The number of aromatic nitrogens is 1. The summed E-state index contributed by atoms with van der Waals surface area (Å²) in [5, 5.41) is 3.32. The largest absolute Gasteiger partial charge is 0.481 e. The maximum Gasteiger partial charge on any atom is 0.337 e. The van der Waals surface area contributed by atoms with Crippen molar-refractivity contribution in [1.82, 2.24) is 10.3 Å². The lowest BCUT2D eigenvalue weighted by molar-refractivity contribution is 0.0600. The van der Waals surface area contributed by atoms with Crippen molar-refractivity contribution in [2.45, 2.75) is 13.1 Å². The first-order valence-corrected chi connectivity index (χ1v) is 6.60. The van der Waals surface area contributed by atoms with Gasteiger partial charge in [0, 0.05) is 24.8 Å². The summed E-state index contributed by atoms with van der Waals surface area (Å²) in [5.41, 5.74) is 2.65. The Balaban J connectivity index is 1.90. The van der Waals surface area contributed by atoms with Crippen molar-refractivity contribution in [2.24, 2.45) is 0 Å². The Kier molecular flexibility index (Phi) is 5.29. The molecule has 5 nitrogen and oxygen atoms in total. The molecule has 1 N–H and O–H groups in total. The molecule has 110 valence electrons. The standard InChI is InChI=1S/C16H18N2O3/c1-20-15-14(4-3-9-18-15)11-17-10-12-5-7-13(8-6-12)16(19)21-2/h3-9,17H,10-11H2,1-2H3. The SMILES string of the molecule is COC(=O)c1ccc(CNCc2cccnc2OC)cc1. The summed E-state index contributed by atoms with van der Waals surface area (Å²) < 4.78 is 9.87. The van der Waals surface area contributed by atoms with Crippen LogP contribution in [0.15, 0.2) is 42.6 Å². The number of benzene rings is 1. The minimum absolute atomic E-state index is 0.324. The van der Waals surface area contributed by atoms with Gasteiger partial charge >= 0.3 is 5.97 Å². The molecule has 0 atom stereocenters. The topological polar surface area (TPSA) is 60.5 Å². The lowest BCUT2D eigenvalue weighted by Gasteiger charge is -2.08. The highest BCUT2D eigenvalue weighted by Crippen LogP contribution is 2.13. The third-order valence-corrected chi connectivity index (χ3v) is 3.06. The molecule has 0 bridgehead atoms. The molecule has 5 heteroatoms. The molecule has 0 aliphatic heterocycles. The van der Waals surface area contributed by atoms with E-state index in [0.717, 1.165) is 11.1 Å². The number of carbonyl (C=O) groups is 1. The molecular weight excluding hydrogens is 268 g/mol. The number of nitrogens with zero attached hydrogens (tertiary/aromatic N) is 1. The zero-order chi connectivity index (χ0) is 15.1.